The number of carbonyl (C=O) groups excluding carboxylic acids is 1. The SMILES string of the molecule is CNCCOC(=O)NC. The van der Waals surface area contributed by atoms with Crippen LogP contribution in [0.2, 0.25) is 0 Å². The lowest BCUT2D eigenvalue weighted by molar-refractivity contribution is 0.150. The summed E-state index contributed by atoms with van der Waals surface area (Å²) >= 11 is 0. The average Bonchev–Trinajstić information content (AvgIpc) is 1.89. The second-order valence-electron chi connectivity index (χ2n) is 1.49. The van der Waals surface area contributed by atoms with Crippen molar-refractivity contribution in [1.29, 1.82) is 0 Å². The molecule has 0 aliphatic rings. The van der Waals surface area contributed by atoms with E-state index < -0.39 is 0 Å². The lowest BCUT2D eigenvalue weighted by Gasteiger charge is -2.01. The van der Waals surface area contributed by atoms with Gasteiger partial charge >= 0.3 is 6.09 Å². The fourth-order valence-corrected chi connectivity index (χ4v) is 0.318. The number of hydrogen-bond acceptors (Lipinski definition) is 3. The summed E-state index contributed by atoms with van der Waals surface area (Å²) in [6.45, 7) is 1.10. The Balaban J connectivity index is 2.97. The van der Waals surface area contributed by atoms with Crippen LogP contribution in [0.1, 0.15) is 0 Å². The number of amides is 1. The molecule has 0 aliphatic heterocycles. The monoisotopic (exact) mass is 132 g/mol. The van der Waals surface area contributed by atoms with E-state index in [1.54, 1.807) is 7.05 Å². The maximum atomic E-state index is 10.3. The molecule has 0 atom stereocenters. The van der Waals surface area contributed by atoms with Crippen molar-refractivity contribution in [1.82, 2.24) is 10.6 Å². The van der Waals surface area contributed by atoms with Crippen LogP contribution in [0.4, 0.5) is 4.79 Å². The zero-order chi connectivity index (χ0) is 7.11. The average molecular weight is 132 g/mol. The summed E-state index contributed by atoms with van der Waals surface area (Å²) in [6.07, 6.45) is -0.384. The second-order valence-corrected chi connectivity index (χ2v) is 1.49. The van der Waals surface area contributed by atoms with Gasteiger partial charge in [-0.2, -0.15) is 0 Å². The number of carbonyl (C=O) groups is 1. The van der Waals surface area contributed by atoms with Crippen LogP contribution in [0.25, 0.3) is 0 Å². The molecule has 0 spiro atoms. The van der Waals surface area contributed by atoms with E-state index in [0.717, 1.165) is 0 Å². The van der Waals surface area contributed by atoms with Gasteiger partial charge in [0.25, 0.3) is 0 Å². The van der Waals surface area contributed by atoms with E-state index in [1.807, 2.05) is 0 Å². The molecular weight excluding hydrogens is 120 g/mol. The molecule has 0 aromatic carbocycles. The van der Waals surface area contributed by atoms with Crippen molar-refractivity contribution in [3.63, 3.8) is 0 Å². The summed E-state index contributed by atoms with van der Waals surface area (Å²) < 4.78 is 4.62. The second kappa shape index (κ2) is 5.37. The maximum absolute atomic E-state index is 10.3. The van der Waals surface area contributed by atoms with Gasteiger partial charge in [0.05, 0.1) is 0 Å². The van der Waals surface area contributed by atoms with Crippen molar-refractivity contribution >= 4 is 6.09 Å². The van der Waals surface area contributed by atoms with Gasteiger partial charge in [0, 0.05) is 13.6 Å². The predicted octanol–water partition coefficient (Wildman–Crippen LogP) is -0.438. The Hall–Kier alpha value is -0.770. The largest absolute Gasteiger partial charge is 0.448 e. The van der Waals surface area contributed by atoms with Gasteiger partial charge in [-0.1, -0.05) is 0 Å². The molecule has 0 aliphatic carbocycles. The van der Waals surface area contributed by atoms with E-state index in [2.05, 4.69) is 15.4 Å². The molecule has 0 aromatic heterocycles. The van der Waals surface area contributed by atoms with Crippen LogP contribution < -0.4 is 10.6 Å². The molecule has 9 heavy (non-hydrogen) atoms. The highest BCUT2D eigenvalue weighted by Gasteiger charge is 1.93. The smallest absolute Gasteiger partial charge is 0.406 e. The molecule has 4 heteroatoms. The van der Waals surface area contributed by atoms with Crippen molar-refractivity contribution in [3.05, 3.63) is 0 Å². The first kappa shape index (κ1) is 8.23. The quantitative estimate of drug-likeness (QED) is 0.512. The van der Waals surface area contributed by atoms with Gasteiger partial charge in [0.15, 0.2) is 0 Å². The van der Waals surface area contributed by atoms with Crippen molar-refractivity contribution in [2.45, 2.75) is 0 Å². The Labute approximate surface area is 54.6 Å². The molecule has 0 rings (SSSR count). The summed E-state index contributed by atoms with van der Waals surface area (Å²) in [5.41, 5.74) is 0. The van der Waals surface area contributed by atoms with Gasteiger partial charge < -0.3 is 15.4 Å². The van der Waals surface area contributed by atoms with Crippen molar-refractivity contribution in [3.8, 4) is 0 Å². The van der Waals surface area contributed by atoms with E-state index in [0.29, 0.717) is 13.2 Å². The highest BCUT2D eigenvalue weighted by Crippen LogP contribution is 1.72. The topological polar surface area (TPSA) is 50.4 Å². The molecule has 4 nitrogen and oxygen atoms in total. The van der Waals surface area contributed by atoms with Crippen molar-refractivity contribution in [2.75, 3.05) is 27.2 Å². The van der Waals surface area contributed by atoms with Gasteiger partial charge in [0.2, 0.25) is 0 Å². The maximum Gasteiger partial charge on any atom is 0.406 e. The van der Waals surface area contributed by atoms with Crippen LogP contribution in [0, 0.1) is 0 Å². The molecule has 0 radical (unpaired) electrons. The Bertz CT molecular complexity index is 85.0. The Kier molecular flexibility index (Phi) is 4.91. The number of hydrogen-bond donors (Lipinski definition) is 2. The summed E-state index contributed by atoms with van der Waals surface area (Å²) in [7, 11) is 3.33. The number of ether oxygens (including phenoxy) is 1. The molecule has 0 aromatic rings. The lowest BCUT2D eigenvalue weighted by Crippen LogP contribution is -2.23. The van der Waals surface area contributed by atoms with Crippen molar-refractivity contribution < 1.29 is 9.53 Å². The van der Waals surface area contributed by atoms with Gasteiger partial charge in [-0.25, -0.2) is 4.79 Å². The van der Waals surface area contributed by atoms with Crippen LogP contribution in [-0.2, 0) is 4.74 Å². The Morgan fingerprint density at radius 2 is 2.22 bits per heavy atom. The highest BCUT2D eigenvalue weighted by atomic mass is 16.5. The molecular formula is C5H12N2O2. The van der Waals surface area contributed by atoms with Crippen LogP contribution in [-0.4, -0.2) is 33.3 Å². The molecule has 0 heterocycles. The zero-order valence-electron chi connectivity index (χ0n) is 5.73. The first-order chi connectivity index (χ1) is 4.31. The minimum absolute atomic E-state index is 0.384. The minimum Gasteiger partial charge on any atom is -0.448 e. The Morgan fingerprint density at radius 3 is 2.67 bits per heavy atom. The van der Waals surface area contributed by atoms with Crippen LogP contribution >= 0.6 is 0 Å². The summed E-state index contributed by atoms with van der Waals surface area (Å²) in [6, 6.07) is 0. The van der Waals surface area contributed by atoms with E-state index >= 15 is 0 Å². The minimum atomic E-state index is -0.384. The van der Waals surface area contributed by atoms with Crippen molar-refractivity contribution in [2.24, 2.45) is 0 Å². The molecule has 1 amide bonds. The molecule has 2 N–H and O–H groups in total. The fraction of sp³-hybridized carbons (Fsp3) is 0.800. The molecule has 0 bridgehead atoms. The van der Waals surface area contributed by atoms with Gasteiger partial charge in [-0.05, 0) is 7.05 Å². The normalized spacial score (nSPS) is 8.67. The fourth-order valence-electron chi connectivity index (χ4n) is 0.318. The van der Waals surface area contributed by atoms with Gasteiger partial charge in [0.1, 0.15) is 6.61 Å². The van der Waals surface area contributed by atoms with Gasteiger partial charge in [-0.3, -0.25) is 0 Å². The molecule has 0 unspecified atom stereocenters. The van der Waals surface area contributed by atoms with E-state index in [-0.39, 0.29) is 6.09 Å². The predicted molar refractivity (Wildman–Crippen MR) is 34.3 cm³/mol. The number of rotatable bonds is 3. The Morgan fingerprint density at radius 1 is 1.56 bits per heavy atom. The number of nitrogens with one attached hydrogen (secondary N) is 2. The third-order valence-electron chi connectivity index (χ3n) is 0.789. The molecule has 54 valence electrons. The summed E-state index contributed by atoms with van der Waals surface area (Å²) in [4.78, 5) is 10.3. The standard InChI is InChI=1S/C5H12N2O2/c1-6-3-4-9-5(8)7-2/h6H,3-4H2,1-2H3,(H,7,8). The first-order valence-electron chi connectivity index (χ1n) is 2.80. The van der Waals surface area contributed by atoms with E-state index in [1.165, 1.54) is 7.05 Å². The number of alkyl carbamates (subject to hydrolysis) is 1. The summed E-state index contributed by atoms with van der Waals surface area (Å²) in [5, 5.41) is 5.18. The van der Waals surface area contributed by atoms with E-state index in [9.17, 15) is 4.79 Å². The lowest BCUT2D eigenvalue weighted by atomic mass is 10.7. The van der Waals surface area contributed by atoms with Gasteiger partial charge in [-0.15, -0.1) is 0 Å². The molecule has 0 saturated heterocycles. The first-order valence-corrected chi connectivity index (χ1v) is 2.80. The van der Waals surface area contributed by atoms with Crippen LogP contribution in [0.3, 0.4) is 0 Å². The summed E-state index contributed by atoms with van der Waals surface area (Å²) in [5.74, 6) is 0. The van der Waals surface area contributed by atoms with E-state index in [4.69, 9.17) is 0 Å². The zero-order valence-corrected chi connectivity index (χ0v) is 5.73. The third kappa shape index (κ3) is 5.10. The number of likely N-dealkylation sites (N-methyl/N-ethyl adjacent to an activating group) is 1. The molecule has 0 fully saturated rings. The van der Waals surface area contributed by atoms with Crippen LogP contribution in [0.5, 0.6) is 0 Å². The molecule has 0 saturated carbocycles. The highest BCUT2D eigenvalue weighted by molar-refractivity contribution is 5.66. The third-order valence-corrected chi connectivity index (χ3v) is 0.789. The van der Waals surface area contributed by atoms with Crippen LogP contribution in [0.15, 0.2) is 0 Å².